The lowest BCUT2D eigenvalue weighted by Crippen LogP contribution is -2.52. The zero-order valence-corrected chi connectivity index (χ0v) is 10.8. The summed E-state index contributed by atoms with van der Waals surface area (Å²) in [6, 6.07) is 2.21. The van der Waals surface area contributed by atoms with Crippen molar-refractivity contribution in [1.29, 1.82) is 5.26 Å². The van der Waals surface area contributed by atoms with E-state index in [4.69, 9.17) is 10.00 Å². The molecule has 1 rings (SSSR count). The van der Waals surface area contributed by atoms with Crippen molar-refractivity contribution in [3.8, 4) is 6.07 Å². The number of rotatable bonds is 4. The standard InChI is InChI=1S/C12H23N3O/c1-10-8-15(9-12(2,3)16-10)6-5-11(7-13)14-4/h10-11,14H,5-6,8-9H2,1-4H3. The van der Waals surface area contributed by atoms with Gasteiger partial charge in [-0.15, -0.1) is 0 Å². The first-order chi connectivity index (χ1) is 7.46. The first-order valence-corrected chi connectivity index (χ1v) is 5.94. The molecule has 1 saturated heterocycles. The average Bonchev–Trinajstić information content (AvgIpc) is 2.16. The second-order valence-electron chi connectivity index (χ2n) is 5.18. The summed E-state index contributed by atoms with van der Waals surface area (Å²) >= 11 is 0. The van der Waals surface area contributed by atoms with Crippen molar-refractivity contribution in [2.75, 3.05) is 26.7 Å². The highest BCUT2D eigenvalue weighted by Gasteiger charge is 2.31. The average molecular weight is 225 g/mol. The Balaban J connectivity index is 2.40. The molecule has 92 valence electrons. The normalized spacial score (nSPS) is 27.3. The Labute approximate surface area is 98.6 Å². The Morgan fingerprint density at radius 1 is 1.62 bits per heavy atom. The van der Waals surface area contributed by atoms with Gasteiger partial charge in [-0.3, -0.25) is 4.90 Å². The lowest BCUT2D eigenvalue weighted by molar-refractivity contribution is -0.128. The highest BCUT2D eigenvalue weighted by molar-refractivity contribution is 4.90. The highest BCUT2D eigenvalue weighted by atomic mass is 16.5. The smallest absolute Gasteiger partial charge is 0.0962 e. The number of nitriles is 1. The van der Waals surface area contributed by atoms with E-state index in [2.05, 4.69) is 37.1 Å². The van der Waals surface area contributed by atoms with Crippen molar-refractivity contribution in [1.82, 2.24) is 10.2 Å². The van der Waals surface area contributed by atoms with E-state index in [1.165, 1.54) is 0 Å². The molecule has 1 N–H and O–H groups in total. The summed E-state index contributed by atoms with van der Waals surface area (Å²) in [5.41, 5.74) is -0.0700. The zero-order valence-electron chi connectivity index (χ0n) is 10.8. The Bertz CT molecular complexity index is 259. The molecule has 0 saturated carbocycles. The van der Waals surface area contributed by atoms with Gasteiger partial charge in [-0.05, 0) is 34.2 Å². The van der Waals surface area contributed by atoms with Gasteiger partial charge >= 0.3 is 0 Å². The van der Waals surface area contributed by atoms with E-state index < -0.39 is 0 Å². The van der Waals surface area contributed by atoms with Crippen LogP contribution in [0.2, 0.25) is 0 Å². The molecule has 4 heteroatoms. The predicted molar refractivity (Wildman–Crippen MR) is 64.1 cm³/mol. The summed E-state index contributed by atoms with van der Waals surface area (Å²) in [6.07, 6.45) is 1.15. The molecule has 0 aromatic heterocycles. The topological polar surface area (TPSA) is 48.3 Å². The number of hydrogen-bond donors (Lipinski definition) is 1. The van der Waals surface area contributed by atoms with E-state index in [9.17, 15) is 0 Å². The molecule has 1 aliphatic rings. The third kappa shape index (κ3) is 4.09. The molecule has 0 radical (unpaired) electrons. The molecular weight excluding hydrogens is 202 g/mol. The van der Waals surface area contributed by atoms with E-state index in [0.29, 0.717) is 0 Å². The van der Waals surface area contributed by atoms with Gasteiger partial charge in [0.05, 0.1) is 23.8 Å². The lowest BCUT2D eigenvalue weighted by Gasteiger charge is -2.42. The fraction of sp³-hybridized carbons (Fsp3) is 0.917. The maximum absolute atomic E-state index is 8.85. The SMILES string of the molecule is CNC(C#N)CCN1CC(C)OC(C)(C)C1. The Hall–Kier alpha value is -0.630. The summed E-state index contributed by atoms with van der Waals surface area (Å²) in [4.78, 5) is 2.38. The molecule has 1 heterocycles. The molecule has 1 fully saturated rings. The molecule has 0 aromatic rings. The Morgan fingerprint density at radius 2 is 2.31 bits per heavy atom. The van der Waals surface area contributed by atoms with Gasteiger partial charge in [-0.25, -0.2) is 0 Å². The van der Waals surface area contributed by atoms with Crippen LogP contribution in [-0.2, 0) is 4.74 Å². The lowest BCUT2D eigenvalue weighted by atomic mass is 10.0. The van der Waals surface area contributed by atoms with Crippen molar-refractivity contribution in [3.63, 3.8) is 0 Å². The van der Waals surface area contributed by atoms with E-state index >= 15 is 0 Å². The minimum Gasteiger partial charge on any atom is -0.370 e. The second-order valence-corrected chi connectivity index (χ2v) is 5.18. The van der Waals surface area contributed by atoms with Gasteiger partial charge in [0, 0.05) is 19.6 Å². The largest absolute Gasteiger partial charge is 0.370 e. The number of nitrogens with zero attached hydrogens (tertiary/aromatic N) is 2. The minimum atomic E-state index is -0.0700. The van der Waals surface area contributed by atoms with Crippen LogP contribution < -0.4 is 5.32 Å². The Kier molecular flexibility index (Phi) is 4.72. The first-order valence-electron chi connectivity index (χ1n) is 5.94. The van der Waals surface area contributed by atoms with E-state index in [1.54, 1.807) is 0 Å². The monoisotopic (exact) mass is 225 g/mol. The van der Waals surface area contributed by atoms with Crippen LogP contribution in [0, 0.1) is 11.3 Å². The van der Waals surface area contributed by atoms with Gasteiger partial charge in [0.2, 0.25) is 0 Å². The summed E-state index contributed by atoms with van der Waals surface area (Å²) in [6.45, 7) is 9.21. The summed E-state index contributed by atoms with van der Waals surface area (Å²) in [5, 5.41) is 11.9. The molecule has 0 bridgehead atoms. The Morgan fingerprint density at radius 3 is 2.81 bits per heavy atom. The maximum atomic E-state index is 8.85. The van der Waals surface area contributed by atoms with E-state index in [1.807, 2.05) is 7.05 Å². The molecular formula is C12H23N3O. The van der Waals surface area contributed by atoms with Crippen LogP contribution in [0.5, 0.6) is 0 Å². The van der Waals surface area contributed by atoms with Crippen molar-refractivity contribution in [2.45, 2.75) is 44.9 Å². The van der Waals surface area contributed by atoms with Crippen LogP contribution in [0.4, 0.5) is 0 Å². The zero-order chi connectivity index (χ0) is 12.2. The summed E-state index contributed by atoms with van der Waals surface area (Å²) in [5.74, 6) is 0. The predicted octanol–water partition coefficient (Wildman–Crippen LogP) is 0.987. The van der Waals surface area contributed by atoms with Gasteiger partial charge in [0.15, 0.2) is 0 Å². The van der Waals surface area contributed by atoms with Gasteiger partial charge in [-0.1, -0.05) is 0 Å². The van der Waals surface area contributed by atoms with Gasteiger partial charge in [-0.2, -0.15) is 5.26 Å². The van der Waals surface area contributed by atoms with Crippen LogP contribution in [0.3, 0.4) is 0 Å². The molecule has 0 aromatic carbocycles. The highest BCUT2D eigenvalue weighted by Crippen LogP contribution is 2.20. The van der Waals surface area contributed by atoms with Crippen molar-refractivity contribution >= 4 is 0 Å². The maximum Gasteiger partial charge on any atom is 0.0962 e. The van der Waals surface area contributed by atoms with Gasteiger partial charge in [0.1, 0.15) is 0 Å². The quantitative estimate of drug-likeness (QED) is 0.775. The molecule has 16 heavy (non-hydrogen) atoms. The molecule has 2 unspecified atom stereocenters. The van der Waals surface area contributed by atoms with Crippen LogP contribution in [-0.4, -0.2) is 49.3 Å². The van der Waals surface area contributed by atoms with Crippen LogP contribution in [0.1, 0.15) is 27.2 Å². The molecule has 0 spiro atoms. The number of nitrogens with one attached hydrogen (secondary N) is 1. The molecule has 2 atom stereocenters. The van der Waals surface area contributed by atoms with Crippen molar-refractivity contribution in [2.24, 2.45) is 0 Å². The number of morpholine rings is 1. The third-order valence-electron chi connectivity index (χ3n) is 2.88. The first kappa shape index (κ1) is 13.4. The second kappa shape index (κ2) is 5.62. The fourth-order valence-electron chi connectivity index (χ4n) is 2.34. The van der Waals surface area contributed by atoms with Crippen LogP contribution in [0.15, 0.2) is 0 Å². The van der Waals surface area contributed by atoms with Crippen molar-refractivity contribution in [3.05, 3.63) is 0 Å². The molecule has 0 amide bonds. The van der Waals surface area contributed by atoms with Crippen LogP contribution >= 0.6 is 0 Å². The van der Waals surface area contributed by atoms with Crippen molar-refractivity contribution < 1.29 is 4.74 Å². The summed E-state index contributed by atoms with van der Waals surface area (Å²) < 4.78 is 5.84. The fourth-order valence-corrected chi connectivity index (χ4v) is 2.34. The van der Waals surface area contributed by atoms with Gasteiger partial charge in [0.25, 0.3) is 0 Å². The molecule has 0 aliphatic carbocycles. The van der Waals surface area contributed by atoms with Gasteiger partial charge < -0.3 is 10.1 Å². The number of ether oxygens (including phenoxy) is 1. The van der Waals surface area contributed by atoms with E-state index in [-0.39, 0.29) is 17.7 Å². The summed E-state index contributed by atoms with van der Waals surface area (Å²) in [7, 11) is 1.83. The number of hydrogen-bond acceptors (Lipinski definition) is 4. The third-order valence-corrected chi connectivity index (χ3v) is 2.88. The molecule has 4 nitrogen and oxygen atoms in total. The van der Waals surface area contributed by atoms with Crippen LogP contribution in [0.25, 0.3) is 0 Å². The van der Waals surface area contributed by atoms with E-state index in [0.717, 1.165) is 26.1 Å². The molecule has 1 aliphatic heterocycles. The minimum absolute atomic E-state index is 0.0405.